The van der Waals surface area contributed by atoms with E-state index >= 15 is 0 Å². The number of carbonyl (C=O) groups excluding carboxylic acids is 3. The smallest absolute Gasteiger partial charge is 0.327 e. The number of carboxylic acid groups (broad SMARTS) is 1. The quantitative estimate of drug-likeness (QED) is 0.201. The Hall–Kier alpha value is -2.67. The Bertz CT molecular complexity index is 1090. The average Bonchev–Trinajstić information content (AvgIpc) is 3.51. The van der Waals surface area contributed by atoms with E-state index in [1.54, 1.807) is 6.92 Å². The Kier molecular flexibility index (Phi) is 13.3. The zero-order valence-corrected chi connectivity index (χ0v) is 26.9. The Labute approximate surface area is 251 Å². The predicted octanol–water partition coefficient (Wildman–Crippen LogP) is 2.41. The number of amides is 4. The molecule has 2 saturated heterocycles. The highest BCUT2D eigenvalue weighted by Gasteiger charge is 2.40. The summed E-state index contributed by atoms with van der Waals surface area (Å²) in [6.07, 6.45) is 9.41. The van der Waals surface area contributed by atoms with Gasteiger partial charge in [-0.1, -0.05) is 59.6 Å². The lowest BCUT2D eigenvalue weighted by atomic mass is 9.86. The van der Waals surface area contributed by atoms with Crippen molar-refractivity contribution in [3.8, 4) is 0 Å². The van der Waals surface area contributed by atoms with E-state index in [1.165, 1.54) is 21.2 Å². The van der Waals surface area contributed by atoms with Crippen LogP contribution in [0.5, 0.6) is 0 Å². The zero-order valence-electron chi connectivity index (χ0n) is 26.1. The van der Waals surface area contributed by atoms with Crippen LogP contribution in [-0.2, 0) is 24.4 Å². The van der Waals surface area contributed by atoms with Gasteiger partial charge in [-0.25, -0.2) is 18.0 Å². The maximum Gasteiger partial charge on any atom is 0.327 e. The molecule has 12 nitrogen and oxygen atoms in total. The second kappa shape index (κ2) is 15.7. The van der Waals surface area contributed by atoms with E-state index in [-0.39, 0.29) is 18.8 Å². The van der Waals surface area contributed by atoms with Crippen LogP contribution in [0.25, 0.3) is 0 Å². The van der Waals surface area contributed by atoms with Crippen molar-refractivity contribution < 1.29 is 32.7 Å². The van der Waals surface area contributed by atoms with Crippen molar-refractivity contribution in [3.05, 3.63) is 12.2 Å². The molecule has 4 atom stereocenters. The number of rotatable bonds is 14. The highest BCUT2D eigenvalue weighted by atomic mass is 32.2. The molecule has 0 saturated carbocycles. The first-order chi connectivity index (χ1) is 19.6. The van der Waals surface area contributed by atoms with Gasteiger partial charge in [-0.15, -0.1) is 0 Å². The van der Waals surface area contributed by atoms with Gasteiger partial charge in [0.15, 0.2) is 0 Å². The maximum absolute atomic E-state index is 13.4. The highest BCUT2D eigenvalue weighted by Crippen LogP contribution is 2.24. The van der Waals surface area contributed by atoms with E-state index in [4.69, 9.17) is 0 Å². The number of hydrogen-bond donors (Lipinski definition) is 3. The van der Waals surface area contributed by atoms with Crippen LogP contribution in [0.4, 0.5) is 4.79 Å². The Balaban J connectivity index is 1.99. The minimum Gasteiger partial charge on any atom is -0.480 e. The molecule has 4 amide bonds. The number of aliphatic carboxylic acids is 1. The molecule has 0 aromatic carbocycles. The van der Waals surface area contributed by atoms with E-state index in [2.05, 4.69) is 17.6 Å². The first kappa shape index (κ1) is 35.5. The lowest BCUT2D eigenvalue weighted by Crippen LogP contribution is -2.56. The molecule has 2 heterocycles. The number of carbonyl (C=O) groups is 4. The van der Waals surface area contributed by atoms with Gasteiger partial charge in [-0.3, -0.25) is 9.59 Å². The van der Waals surface area contributed by atoms with Crippen LogP contribution in [-0.4, -0.2) is 109 Å². The lowest BCUT2D eigenvalue weighted by molar-refractivity contribution is -0.153. The summed E-state index contributed by atoms with van der Waals surface area (Å²) in [7, 11) is -1.88. The van der Waals surface area contributed by atoms with Gasteiger partial charge in [0.1, 0.15) is 12.1 Å². The number of hydrogen-bond acceptors (Lipinski definition) is 6. The third kappa shape index (κ3) is 9.96. The van der Waals surface area contributed by atoms with Crippen molar-refractivity contribution in [1.29, 1.82) is 0 Å². The largest absolute Gasteiger partial charge is 0.480 e. The number of nitrogens with zero attached hydrogens (tertiary/aromatic N) is 3. The molecule has 0 aromatic heterocycles. The first-order valence-electron chi connectivity index (χ1n) is 15.1. The summed E-state index contributed by atoms with van der Waals surface area (Å²) in [6, 6.07) is -2.98. The van der Waals surface area contributed by atoms with Crippen LogP contribution in [0.3, 0.4) is 0 Å². The molecular formula is C29H51N5O7S. The monoisotopic (exact) mass is 613 g/mol. The molecule has 0 radical (unpaired) electrons. The minimum absolute atomic E-state index is 0.0946. The van der Waals surface area contributed by atoms with Crippen molar-refractivity contribution >= 4 is 33.8 Å². The van der Waals surface area contributed by atoms with E-state index in [0.29, 0.717) is 32.4 Å². The maximum atomic E-state index is 13.4. The summed E-state index contributed by atoms with van der Waals surface area (Å²) in [6.45, 7) is 10.1. The van der Waals surface area contributed by atoms with Gasteiger partial charge < -0.3 is 25.5 Å². The van der Waals surface area contributed by atoms with Crippen LogP contribution in [0, 0.1) is 11.3 Å². The summed E-state index contributed by atoms with van der Waals surface area (Å²) >= 11 is 0. The van der Waals surface area contributed by atoms with Gasteiger partial charge >= 0.3 is 12.0 Å². The van der Waals surface area contributed by atoms with Crippen molar-refractivity contribution in [2.75, 3.05) is 39.0 Å². The van der Waals surface area contributed by atoms with Crippen molar-refractivity contribution in [1.82, 2.24) is 24.7 Å². The van der Waals surface area contributed by atoms with Crippen LogP contribution >= 0.6 is 0 Å². The zero-order chi connectivity index (χ0) is 31.7. The molecule has 2 aliphatic heterocycles. The SMILES string of the molecule is CCCCC/C=C\C(C)[C@H](C(=O)O)N(C)C(=O)[C@@H]1CCCN1C(=O)CNC(=O)NC(CN1CCCS1(=O)=O)C(C)(C)C. The molecular weight excluding hydrogens is 562 g/mol. The van der Waals surface area contributed by atoms with Crippen molar-refractivity contribution in [3.63, 3.8) is 0 Å². The highest BCUT2D eigenvalue weighted by molar-refractivity contribution is 7.89. The van der Waals surface area contributed by atoms with Gasteiger partial charge in [0.25, 0.3) is 0 Å². The van der Waals surface area contributed by atoms with E-state index in [1.807, 2.05) is 32.9 Å². The van der Waals surface area contributed by atoms with Gasteiger partial charge in [0.2, 0.25) is 21.8 Å². The third-order valence-electron chi connectivity index (χ3n) is 8.13. The molecule has 3 N–H and O–H groups in total. The Morgan fingerprint density at radius 1 is 1.12 bits per heavy atom. The van der Waals surface area contributed by atoms with Crippen LogP contribution in [0.1, 0.15) is 79.6 Å². The molecule has 2 fully saturated rings. The lowest BCUT2D eigenvalue weighted by Gasteiger charge is -2.34. The minimum atomic E-state index is -3.34. The fourth-order valence-electron chi connectivity index (χ4n) is 5.47. The molecule has 2 unspecified atom stereocenters. The predicted molar refractivity (Wildman–Crippen MR) is 161 cm³/mol. The molecule has 42 heavy (non-hydrogen) atoms. The van der Waals surface area contributed by atoms with Crippen molar-refractivity contribution in [2.24, 2.45) is 11.3 Å². The number of carboxylic acids is 1. The standard InChI is InChI=1S/C29H51N5O7S/c1-7-8-9-10-11-14-21(2)25(27(37)38)32(6)26(36)22-15-12-17-34(22)24(35)19-30-28(39)31-23(29(3,4)5)20-33-16-13-18-42(33,40)41/h11,14,21-23,25H,7-10,12-13,15-20H2,1-6H3,(H,37,38)(H2,30,31,39)/b14-11-/t21?,22-,23?,25+/m0/s1. The normalized spacial score (nSPS) is 21.2. The van der Waals surface area contributed by atoms with Crippen molar-refractivity contribution in [2.45, 2.75) is 97.7 Å². The molecule has 2 aliphatic rings. The topological polar surface area (TPSA) is 156 Å². The number of nitrogens with one attached hydrogen (secondary N) is 2. The number of likely N-dealkylation sites (N-methyl/N-ethyl adjacent to an activating group) is 1. The fraction of sp³-hybridized carbons (Fsp3) is 0.793. The number of urea groups is 1. The molecule has 0 spiro atoms. The number of likely N-dealkylation sites (tertiary alicyclic amines) is 1. The summed E-state index contributed by atoms with van der Waals surface area (Å²) in [5, 5.41) is 15.3. The van der Waals surface area contributed by atoms with Gasteiger partial charge in [-0.05, 0) is 37.5 Å². The number of unbranched alkanes of at least 4 members (excludes halogenated alkanes) is 3. The number of allylic oxidation sites excluding steroid dienone is 1. The third-order valence-corrected chi connectivity index (χ3v) is 10.1. The van der Waals surface area contributed by atoms with E-state index in [9.17, 15) is 32.7 Å². The summed E-state index contributed by atoms with van der Waals surface area (Å²) < 4.78 is 26.0. The summed E-state index contributed by atoms with van der Waals surface area (Å²) in [5.41, 5.74) is -0.445. The molecule has 0 aromatic rings. The second-order valence-corrected chi connectivity index (χ2v) is 14.6. The van der Waals surface area contributed by atoms with Gasteiger partial charge in [0, 0.05) is 38.6 Å². The van der Waals surface area contributed by atoms with Gasteiger partial charge in [-0.2, -0.15) is 4.31 Å². The molecule has 0 aliphatic carbocycles. The summed E-state index contributed by atoms with van der Waals surface area (Å²) in [5.74, 6) is -2.32. The van der Waals surface area contributed by atoms with Crippen LogP contribution in [0.15, 0.2) is 12.2 Å². The molecule has 2 rings (SSSR count). The molecule has 13 heteroatoms. The average molecular weight is 614 g/mol. The van der Waals surface area contributed by atoms with E-state index in [0.717, 1.165) is 25.7 Å². The van der Waals surface area contributed by atoms with Crippen LogP contribution < -0.4 is 10.6 Å². The second-order valence-electron chi connectivity index (χ2n) is 12.5. The first-order valence-corrected chi connectivity index (χ1v) is 16.7. The Morgan fingerprint density at radius 2 is 1.81 bits per heavy atom. The summed E-state index contributed by atoms with van der Waals surface area (Å²) in [4.78, 5) is 54.0. The van der Waals surface area contributed by atoms with Gasteiger partial charge in [0.05, 0.1) is 12.3 Å². The van der Waals surface area contributed by atoms with E-state index < -0.39 is 63.3 Å². The Morgan fingerprint density at radius 3 is 2.38 bits per heavy atom. The molecule has 240 valence electrons. The van der Waals surface area contributed by atoms with Crippen LogP contribution in [0.2, 0.25) is 0 Å². The fourth-order valence-corrected chi connectivity index (χ4v) is 7.00. The molecule has 0 bridgehead atoms. The number of sulfonamides is 1.